The molecule has 50 heavy (non-hydrogen) atoms. The molecule has 260 valence electrons. The molecule has 0 atom stereocenters. The van der Waals surface area contributed by atoms with E-state index in [0.29, 0.717) is 51.3 Å². The first-order valence-electron chi connectivity index (χ1n) is 16.0. The van der Waals surface area contributed by atoms with Crippen LogP contribution < -0.4 is 20.1 Å². The number of ether oxygens (including phenoxy) is 2. The number of hydrogen-bond donors (Lipinski definition) is 4. The van der Waals surface area contributed by atoms with Gasteiger partial charge in [-0.3, -0.25) is 14.7 Å². The van der Waals surface area contributed by atoms with Gasteiger partial charge in [0.05, 0.1) is 17.5 Å². The summed E-state index contributed by atoms with van der Waals surface area (Å²) in [6, 6.07) is 15.8. The van der Waals surface area contributed by atoms with Crippen molar-refractivity contribution in [3.05, 3.63) is 94.9 Å². The van der Waals surface area contributed by atoms with Crippen molar-refractivity contribution < 1.29 is 32.3 Å². The third-order valence-corrected chi connectivity index (χ3v) is 10.0. The fourth-order valence-corrected chi connectivity index (χ4v) is 7.29. The molecule has 15 nitrogen and oxygen atoms in total. The van der Waals surface area contributed by atoms with Gasteiger partial charge in [-0.2, -0.15) is 0 Å². The molecule has 0 aliphatic heterocycles. The molecule has 2 heterocycles. The van der Waals surface area contributed by atoms with Gasteiger partial charge in [0, 0.05) is 47.8 Å². The van der Waals surface area contributed by atoms with Crippen molar-refractivity contribution in [1.82, 2.24) is 35.2 Å². The van der Waals surface area contributed by atoms with Crippen molar-refractivity contribution in [2.24, 2.45) is 0 Å². The number of carbonyl (C=O) groups is 3. The van der Waals surface area contributed by atoms with Gasteiger partial charge in [0.25, 0.3) is 15.9 Å². The summed E-state index contributed by atoms with van der Waals surface area (Å²) in [5.74, 6) is 0.00362. The van der Waals surface area contributed by atoms with Crippen LogP contribution in [-0.2, 0) is 27.6 Å². The Balaban J connectivity index is 1.33. The van der Waals surface area contributed by atoms with Crippen LogP contribution in [0.4, 0.5) is 15.3 Å². The number of amides is 3. The molecule has 16 heteroatoms. The number of nitrogens with zero attached hydrogens (tertiary/aromatic N) is 4. The number of benzene rings is 3. The van der Waals surface area contributed by atoms with Crippen molar-refractivity contribution in [3.8, 4) is 5.75 Å². The van der Waals surface area contributed by atoms with Crippen LogP contribution in [0.15, 0.2) is 71.8 Å². The van der Waals surface area contributed by atoms with Gasteiger partial charge in [0.15, 0.2) is 0 Å². The fraction of sp³-hybridized carbons (Fsp3) is 0.294. The van der Waals surface area contributed by atoms with E-state index >= 15 is 0 Å². The molecule has 6 rings (SSSR count). The molecule has 3 aromatic carbocycles. The predicted molar refractivity (Wildman–Crippen MR) is 183 cm³/mol. The summed E-state index contributed by atoms with van der Waals surface area (Å²) in [5, 5.41) is 19.8. The number of nitrogens with one attached hydrogen (secondary N) is 4. The highest BCUT2D eigenvalue weighted by molar-refractivity contribution is 7.90. The van der Waals surface area contributed by atoms with Crippen LogP contribution in [0, 0.1) is 6.92 Å². The molecule has 0 radical (unpaired) electrons. The fourth-order valence-electron chi connectivity index (χ4n) is 6.08. The predicted octanol–water partition coefficient (Wildman–Crippen LogP) is 4.47. The van der Waals surface area contributed by atoms with Gasteiger partial charge in [-0.05, 0) is 90.6 Å². The standard InChI is InChI=1S/C34H36N8O7S/c1-21-8-3-6-13-30(21)50(46,47)39-32(43)25-11-7-12-29(48-2)27(25)18-22-20-42(33(44)35-17-16-31-37-40-41-38-31)28-15-14-23(19-26(22)28)36-34(45)49-24-9-4-5-10-24/h3,6-8,11-15,19-20,24H,4-5,9-10,16-18H2,1-2H3,(H,35,44)(H,36,45)(H,39,43)(H,37,38,40,41). The maximum absolute atomic E-state index is 13.6. The molecule has 1 fully saturated rings. The zero-order valence-electron chi connectivity index (χ0n) is 27.4. The van der Waals surface area contributed by atoms with Gasteiger partial charge in [-0.25, -0.2) is 27.8 Å². The Morgan fingerprint density at radius 2 is 1.84 bits per heavy atom. The minimum atomic E-state index is -4.20. The van der Waals surface area contributed by atoms with E-state index in [1.165, 1.54) is 23.8 Å². The number of aromatic nitrogens is 5. The normalized spacial score (nSPS) is 13.2. The van der Waals surface area contributed by atoms with Crippen LogP contribution >= 0.6 is 0 Å². The Morgan fingerprint density at radius 3 is 2.58 bits per heavy atom. The van der Waals surface area contributed by atoms with Gasteiger partial charge in [-0.15, -0.1) is 5.10 Å². The number of aromatic amines is 1. The summed E-state index contributed by atoms with van der Waals surface area (Å²) in [7, 11) is -2.76. The number of aryl methyl sites for hydroxylation is 1. The SMILES string of the molecule is COc1cccc(C(=O)NS(=O)(=O)c2ccccc2C)c1Cc1cn(C(=O)NCCc2nnn[nH]2)c2ccc(NC(=O)OC3CCCC3)cc12. The van der Waals surface area contributed by atoms with Crippen LogP contribution in [0.1, 0.15) is 58.6 Å². The number of methoxy groups -OCH3 is 1. The highest BCUT2D eigenvalue weighted by Gasteiger charge is 2.25. The summed E-state index contributed by atoms with van der Waals surface area (Å²) in [6.07, 6.45) is 5.03. The van der Waals surface area contributed by atoms with Crippen LogP contribution in [-0.4, -0.2) is 71.4 Å². The van der Waals surface area contributed by atoms with E-state index in [0.717, 1.165) is 25.7 Å². The van der Waals surface area contributed by atoms with E-state index in [-0.39, 0.29) is 29.5 Å². The van der Waals surface area contributed by atoms with Crippen LogP contribution in [0.5, 0.6) is 5.75 Å². The van der Waals surface area contributed by atoms with E-state index in [9.17, 15) is 22.8 Å². The first kappa shape index (κ1) is 34.1. The first-order chi connectivity index (χ1) is 24.1. The average Bonchev–Trinajstić information content (AvgIpc) is 3.87. The van der Waals surface area contributed by atoms with Crippen LogP contribution in [0.3, 0.4) is 0 Å². The molecule has 5 aromatic rings. The van der Waals surface area contributed by atoms with E-state index in [1.54, 1.807) is 61.7 Å². The van der Waals surface area contributed by atoms with E-state index in [1.807, 2.05) is 0 Å². The van der Waals surface area contributed by atoms with Crippen molar-refractivity contribution >= 4 is 44.6 Å². The Labute approximate surface area is 287 Å². The van der Waals surface area contributed by atoms with Gasteiger partial charge >= 0.3 is 12.1 Å². The van der Waals surface area contributed by atoms with Crippen molar-refractivity contribution in [2.45, 2.75) is 56.4 Å². The minimum absolute atomic E-state index is 0.0158. The lowest BCUT2D eigenvalue weighted by Crippen LogP contribution is -2.31. The average molecular weight is 701 g/mol. The molecule has 4 N–H and O–H groups in total. The Hall–Kier alpha value is -5.77. The molecule has 0 bridgehead atoms. The minimum Gasteiger partial charge on any atom is -0.496 e. The number of tetrazole rings is 1. The second kappa shape index (κ2) is 14.8. The molecule has 0 spiro atoms. The van der Waals surface area contributed by atoms with Crippen LogP contribution in [0.25, 0.3) is 10.9 Å². The summed E-state index contributed by atoms with van der Waals surface area (Å²) < 4.78 is 41.3. The lowest BCUT2D eigenvalue weighted by molar-refractivity contribution is 0.0979. The highest BCUT2D eigenvalue weighted by Crippen LogP contribution is 2.32. The van der Waals surface area contributed by atoms with E-state index in [2.05, 4.69) is 36.0 Å². The second-order valence-electron chi connectivity index (χ2n) is 11.9. The topological polar surface area (TPSA) is 199 Å². The Kier molecular flexibility index (Phi) is 10.1. The highest BCUT2D eigenvalue weighted by atomic mass is 32.2. The number of sulfonamides is 1. The summed E-state index contributed by atoms with van der Waals surface area (Å²) >= 11 is 0. The lowest BCUT2D eigenvalue weighted by atomic mass is 9.97. The van der Waals surface area contributed by atoms with E-state index in [4.69, 9.17) is 9.47 Å². The molecule has 0 saturated heterocycles. The quantitative estimate of drug-likeness (QED) is 0.152. The maximum Gasteiger partial charge on any atom is 0.411 e. The van der Waals surface area contributed by atoms with Gasteiger partial charge in [0.1, 0.15) is 17.7 Å². The van der Waals surface area contributed by atoms with Crippen molar-refractivity contribution in [2.75, 3.05) is 19.0 Å². The van der Waals surface area contributed by atoms with Crippen LogP contribution in [0.2, 0.25) is 0 Å². The van der Waals surface area contributed by atoms with Gasteiger partial charge in [0.2, 0.25) is 0 Å². The van der Waals surface area contributed by atoms with Gasteiger partial charge < -0.3 is 14.8 Å². The lowest BCUT2D eigenvalue weighted by Gasteiger charge is -2.15. The summed E-state index contributed by atoms with van der Waals surface area (Å²) in [5.41, 5.74) is 2.52. The van der Waals surface area contributed by atoms with Gasteiger partial charge in [-0.1, -0.05) is 24.3 Å². The second-order valence-corrected chi connectivity index (χ2v) is 13.5. The number of anilines is 1. The molecule has 3 amide bonds. The Morgan fingerprint density at radius 1 is 1.04 bits per heavy atom. The first-order valence-corrected chi connectivity index (χ1v) is 17.5. The number of rotatable bonds is 11. The van der Waals surface area contributed by atoms with Crippen molar-refractivity contribution in [1.29, 1.82) is 0 Å². The smallest absolute Gasteiger partial charge is 0.411 e. The molecule has 1 aliphatic carbocycles. The molecule has 1 aliphatic rings. The van der Waals surface area contributed by atoms with E-state index < -0.39 is 28.1 Å². The molecular formula is C34H36N8O7S. The Bertz CT molecular complexity index is 2140. The number of H-pyrrole nitrogens is 1. The monoisotopic (exact) mass is 700 g/mol. The summed E-state index contributed by atoms with van der Waals surface area (Å²) in [4.78, 5) is 39.8. The molecule has 1 saturated carbocycles. The molecular weight excluding hydrogens is 664 g/mol. The van der Waals surface area contributed by atoms with Crippen molar-refractivity contribution in [3.63, 3.8) is 0 Å². The maximum atomic E-state index is 13.6. The largest absolute Gasteiger partial charge is 0.496 e. The molecule has 0 unspecified atom stereocenters. The zero-order chi connectivity index (χ0) is 35.3. The third kappa shape index (κ3) is 7.59. The zero-order valence-corrected chi connectivity index (χ0v) is 28.2. The summed E-state index contributed by atoms with van der Waals surface area (Å²) in [6.45, 7) is 1.88. The third-order valence-electron chi connectivity index (χ3n) is 8.53. The number of fused-ring (bicyclic) bond motifs is 1. The molecule has 2 aromatic heterocycles. The number of carbonyl (C=O) groups excluding carboxylic acids is 3. The number of hydrogen-bond acceptors (Lipinski definition) is 10.